The maximum absolute atomic E-state index is 10.9. The molecule has 0 radical (unpaired) electrons. The third-order valence-corrected chi connectivity index (χ3v) is 2.03. The first-order chi connectivity index (χ1) is 6.30. The first kappa shape index (κ1) is 10.6. The van der Waals surface area contributed by atoms with Crippen LogP contribution in [0.5, 0.6) is 0 Å². The smallest absolute Gasteiger partial charge is 0.332 e. The average Bonchev–Trinajstić information content (AvgIpc) is 2.30. The van der Waals surface area contributed by atoms with E-state index < -0.39 is 29.6 Å². The summed E-state index contributed by atoms with van der Waals surface area (Å²) >= 11 is 0. The number of hydrogen-bond acceptors (Lipinski definition) is 6. The number of rotatable bonds is 1. The van der Waals surface area contributed by atoms with Crippen LogP contribution < -0.4 is 0 Å². The number of likely N-dealkylation sites (N-methyl/N-ethyl adjacent to an activating group) is 1. The second kappa shape index (κ2) is 3.03. The van der Waals surface area contributed by atoms with E-state index in [2.05, 4.69) is 4.74 Å². The Morgan fingerprint density at radius 3 is 2.36 bits per heavy atom. The molecule has 0 aliphatic carbocycles. The van der Waals surface area contributed by atoms with Crippen LogP contribution >= 0.6 is 0 Å². The van der Waals surface area contributed by atoms with Gasteiger partial charge in [-0.1, -0.05) is 0 Å². The Morgan fingerprint density at radius 1 is 1.57 bits per heavy atom. The van der Waals surface area contributed by atoms with Crippen LogP contribution in [0.3, 0.4) is 0 Å². The van der Waals surface area contributed by atoms with Crippen LogP contribution in [0.1, 0.15) is 6.92 Å². The summed E-state index contributed by atoms with van der Waals surface area (Å²) in [6.07, 6.45) is -1.89. The van der Waals surface area contributed by atoms with E-state index in [4.69, 9.17) is 10.2 Å². The van der Waals surface area contributed by atoms with E-state index in [1.54, 1.807) is 0 Å². The van der Waals surface area contributed by atoms with Gasteiger partial charge in [-0.3, -0.25) is 9.69 Å². The van der Waals surface area contributed by atoms with Crippen LogP contribution in [0.2, 0.25) is 0 Å². The molecule has 0 aromatic carbocycles. The molecule has 7 nitrogen and oxygen atoms in total. The largest absolute Gasteiger partial charge is 0.504 e. The van der Waals surface area contributed by atoms with Crippen molar-refractivity contribution in [3.05, 3.63) is 11.7 Å². The highest BCUT2D eigenvalue weighted by Crippen LogP contribution is 2.31. The average molecular weight is 205 g/mol. The second-order valence-electron chi connectivity index (χ2n) is 2.93. The summed E-state index contributed by atoms with van der Waals surface area (Å²) in [6, 6.07) is 0. The van der Waals surface area contributed by atoms with E-state index in [1.807, 2.05) is 0 Å². The first-order valence-electron chi connectivity index (χ1n) is 3.76. The van der Waals surface area contributed by atoms with E-state index in [0.29, 0.717) is 4.90 Å². The van der Waals surface area contributed by atoms with E-state index in [9.17, 15) is 15.0 Å². The SMILES string of the molecule is CC(=O)N(C)C1(O)OC(O)=C(O)C1O. The van der Waals surface area contributed by atoms with Crippen molar-refractivity contribution in [2.45, 2.75) is 18.9 Å². The van der Waals surface area contributed by atoms with Crippen LogP contribution in [0.4, 0.5) is 0 Å². The molecule has 1 aliphatic heterocycles. The van der Waals surface area contributed by atoms with E-state index in [0.717, 1.165) is 14.0 Å². The van der Waals surface area contributed by atoms with Gasteiger partial charge in [-0.05, 0) is 0 Å². The Morgan fingerprint density at radius 2 is 2.07 bits per heavy atom. The lowest BCUT2D eigenvalue weighted by Crippen LogP contribution is -2.56. The first-order valence-corrected chi connectivity index (χ1v) is 3.76. The fourth-order valence-corrected chi connectivity index (χ4v) is 1.02. The molecule has 14 heavy (non-hydrogen) atoms. The number of aliphatic hydroxyl groups excluding tert-OH is 3. The van der Waals surface area contributed by atoms with E-state index in [-0.39, 0.29) is 0 Å². The molecule has 2 atom stereocenters. The van der Waals surface area contributed by atoms with Gasteiger partial charge in [-0.2, -0.15) is 0 Å². The summed E-state index contributed by atoms with van der Waals surface area (Å²) in [5.74, 6) is -4.98. The highest BCUT2D eigenvalue weighted by Gasteiger charge is 2.53. The zero-order valence-corrected chi connectivity index (χ0v) is 7.63. The molecular weight excluding hydrogens is 194 g/mol. The molecule has 0 aromatic rings. The Bertz CT molecular complexity index is 301. The van der Waals surface area contributed by atoms with Crippen molar-refractivity contribution in [2.75, 3.05) is 7.05 Å². The van der Waals surface area contributed by atoms with E-state index in [1.165, 1.54) is 0 Å². The molecular formula is C7H11NO6. The Kier molecular flexibility index (Phi) is 2.30. The van der Waals surface area contributed by atoms with Gasteiger partial charge in [-0.15, -0.1) is 0 Å². The van der Waals surface area contributed by atoms with Crippen molar-refractivity contribution in [1.29, 1.82) is 0 Å². The van der Waals surface area contributed by atoms with Gasteiger partial charge in [0.05, 0.1) is 0 Å². The summed E-state index contributed by atoms with van der Waals surface area (Å²) in [7, 11) is 1.15. The van der Waals surface area contributed by atoms with Gasteiger partial charge in [0.25, 0.3) is 0 Å². The van der Waals surface area contributed by atoms with Crippen LogP contribution in [0.25, 0.3) is 0 Å². The van der Waals surface area contributed by atoms with Crippen molar-refractivity contribution in [3.8, 4) is 0 Å². The summed E-state index contributed by atoms with van der Waals surface area (Å²) in [6.45, 7) is 1.13. The number of nitrogens with zero attached hydrogens (tertiary/aromatic N) is 1. The monoisotopic (exact) mass is 205 g/mol. The highest BCUT2D eigenvalue weighted by molar-refractivity contribution is 5.73. The van der Waals surface area contributed by atoms with Crippen molar-refractivity contribution in [3.63, 3.8) is 0 Å². The minimum atomic E-state index is -2.46. The molecule has 1 heterocycles. The maximum Gasteiger partial charge on any atom is 0.332 e. The van der Waals surface area contributed by atoms with Gasteiger partial charge in [0.1, 0.15) is 0 Å². The van der Waals surface area contributed by atoms with Gasteiger partial charge in [0.15, 0.2) is 0 Å². The molecule has 80 valence electrons. The Labute approximate surface area is 79.4 Å². The zero-order chi connectivity index (χ0) is 11.1. The fraction of sp³-hybridized carbons (Fsp3) is 0.571. The molecule has 0 saturated heterocycles. The van der Waals surface area contributed by atoms with Gasteiger partial charge < -0.3 is 25.2 Å². The molecule has 2 unspecified atom stereocenters. The molecule has 0 saturated carbocycles. The zero-order valence-electron chi connectivity index (χ0n) is 7.63. The molecule has 4 N–H and O–H groups in total. The van der Waals surface area contributed by atoms with Gasteiger partial charge >= 0.3 is 11.9 Å². The molecule has 1 amide bonds. The van der Waals surface area contributed by atoms with Crippen molar-refractivity contribution in [1.82, 2.24) is 4.90 Å². The summed E-state index contributed by atoms with van der Waals surface area (Å²) < 4.78 is 4.39. The summed E-state index contributed by atoms with van der Waals surface area (Å²) in [5, 5.41) is 36.8. The van der Waals surface area contributed by atoms with Gasteiger partial charge in [0, 0.05) is 14.0 Å². The number of aliphatic hydroxyl groups is 4. The lowest BCUT2D eigenvalue weighted by Gasteiger charge is -2.33. The number of ether oxygens (including phenoxy) is 1. The van der Waals surface area contributed by atoms with Crippen LogP contribution in [-0.4, -0.2) is 50.3 Å². The molecule has 0 aromatic heterocycles. The molecule has 0 spiro atoms. The summed E-state index contributed by atoms with van der Waals surface area (Å²) in [5.41, 5.74) is 0. The Balaban J connectivity index is 2.96. The van der Waals surface area contributed by atoms with Crippen molar-refractivity contribution in [2.24, 2.45) is 0 Å². The minimum Gasteiger partial charge on any atom is -0.504 e. The van der Waals surface area contributed by atoms with Crippen molar-refractivity contribution >= 4 is 5.91 Å². The van der Waals surface area contributed by atoms with Crippen LogP contribution in [0, 0.1) is 0 Å². The molecule has 1 rings (SSSR count). The molecule has 0 fully saturated rings. The predicted octanol–water partition coefficient (Wildman–Crippen LogP) is -1.21. The van der Waals surface area contributed by atoms with Crippen molar-refractivity contribution < 1.29 is 30.0 Å². The maximum atomic E-state index is 10.9. The summed E-state index contributed by atoms with van der Waals surface area (Å²) in [4.78, 5) is 11.5. The quantitative estimate of drug-likeness (QED) is 0.400. The Hall–Kier alpha value is -1.47. The topological polar surface area (TPSA) is 110 Å². The minimum absolute atomic E-state index is 0.603. The lowest BCUT2D eigenvalue weighted by molar-refractivity contribution is -0.292. The third kappa shape index (κ3) is 1.26. The normalized spacial score (nSPS) is 31.6. The highest BCUT2D eigenvalue weighted by atomic mass is 16.7. The number of carbonyl (C=O) groups is 1. The molecule has 0 bridgehead atoms. The lowest BCUT2D eigenvalue weighted by atomic mass is 10.2. The number of carbonyl (C=O) groups excluding carboxylic acids is 1. The molecule has 7 heteroatoms. The second-order valence-corrected chi connectivity index (χ2v) is 2.93. The third-order valence-electron chi connectivity index (χ3n) is 2.03. The van der Waals surface area contributed by atoms with Gasteiger partial charge in [0.2, 0.25) is 17.8 Å². The van der Waals surface area contributed by atoms with E-state index >= 15 is 0 Å². The number of amides is 1. The number of hydrogen-bond donors (Lipinski definition) is 4. The molecule has 1 aliphatic rings. The van der Waals surface area contributed by atoms with Gasteiger partial charge in [-0.25, -0.2) is 0 Å². The fourth-order valence-electron chi connectivity index (χ4n) is 1.02. The predicted molar refractivity (Wildman–Crippen MR) is 42.8 cm³/mol. The van der Waals surface area contributed by atoms with Crippen LogP contribution in [0.15, 0.2) is 11.7 Å². The standard InChI is InChI=1S/C7H11NO6/c1-3(9)8(2)7(13)5(11)4(10)6(12)14-7/h5,10-13H,1-2H3. The van der Waals surface area contributed by atoms with Crippen LogP contribution in [-0.2, 0) is 9.53 Å².